The Morgan fingerprint density at radius 1 is 1.32 bits per heavy atom. The van der Waals surface area contributed by atoms with E-state index < -0.39 is 6.10 Å². The van der Waals surface area contributed by atoms with Crippen molar-refractivity contribution in [1.82, 2.24) is 24.7 Å². The molecule has 0 aromatic carbocycles. The van der Waals surface area contributed by atoms with E-state index in [1.165, 1.54) is 0 Å². The number of aromatic nitrogens is 2. The molecular weight excluding hydrogens is 322 g/mol. The fourth-order valence-electron chi connectivity index (χ4n) is 4.01. The molecule has 1 unspecified atom stereocenters. The lowest BCUT2D eigenvalue weighted by Crippen LogP contribution is -2.46. The second-order valence-corrected chi connectivity index (χ2v) is 7.47. The van der Waals surface area contributed by atoms with Crippen LogP contribution < -0.4 is 5.32 Å². The molecule has 4 rings (SSSR count). The summed E-state index contributed by atoms with van der Waals surface area (Å²) in [6, 6.07) is 0.127. The van der Waals surface area contributed by atoms with Crippen LogP contribution in [0.1, 0.15) is 25.7 Å². The molecule has 8 heteroatoms. The van der Waals surface area contributed by atoms with Crippen molar-refractivity contribution in [1.29, 1.82) is 0 Å². The monoisotopic (exact) mass is 347 g/mol. The Labute approximate surface area is 146 Å². The zero-order chi connectivity index (χ0) is 17.4. The maximum atomic E-state index is 12.3. The van der Waals surface area contributed by atoms with Gasteiger partial charge in [0.25, 0.3) is 0 Å². The Bertz CT molecular complexity index is 630. The predicted octanol–water partition coefficient (Wildman–Crippen LogP) is 0.0388. The highest BCUT2D eigenvalue weighted by Gasteiger charge is 2.40. The number of aliphatic hydroxyl groups excluding tert-OH is 1. The van der Waals surface area contributed by atoms with Crippen molar-refractivity contribution >= 4 is 11.9 Å². The summed E-state index contributed by atoms with van der Waals surface area (Å²) in [5.74, 6) is 0.131. The molecule has 1 aliphatic heterocycles. The quantitative estimate of drug-likeness (QED) is 0.760. The van der Waals surface area contributed by atoms with Gasteiger partial charge in [0.15, 0.2) is 0 Å². The summed E-state index contributed by atoms with van der Waals surface area (Å²) in [7, 11) is 0. The number of urea groups is 1. The molecule has 3 aliphatic rings. The highest BCUT2D eigenvalue weighted by molar-refractivity contribution is 5.85. The molecule has 136 valence electrons. The van der Waals surface area contributed by atoms with E-state index in [1.807, 2.05) is 15.7 Å². The minimum Gasteiger partial charge on any atom is -0.391 e. The predicted molar refractivity (Wildman–Crippen MR) is 89.6 cm³/mol. The second kappa shape index (κ2) is 6.67. The second-order valence-electron chi connectivity index (χ2n) is 7.47. The van der Waals surface area contributed by atoms with Crippen LogP contribution in [0.3, 0.4) is 0 Å². The summed E-state index contributed by atoms with van der Waals surface area (Å²) in [5.41, 5.74) is 0. The molecule has 0 spiro atoms. The molecule has 3 amide bonds. The van der Waals surface area contributed by atoms with E-state index in [2.05, 4.69) is 10.3 Å². The number of amides is 3. The first-order chi connectivity index (χ1) is 12.1. The minimum absolute atomic E-state index is 0.0254. The summed E-state index contributed by atoms with van der Waals surface area (Å²) in [6.07, 6.45) is 8.45. The summed E-state index contributed by atoms with van der Waals surface area (Å²) in [4.78, 5) is 32.1. The number of carbonyl (C=O) groups is 2. The largest absolute Gasteiger partial charge is 0.391 e. The topological polar surface area (TPSA) is 90.7 Å². The molecule has 2 aliphatic carbocycles. The minimum atomic E-state index is -0.533. The molecule has 1 aromatic rings. The van der Waals surface area contributed by atoms with E-state index in [9.17, 15) is 14.7 Å². The number of nitrogens with zero attached hydrogens (tertiary/aromatic N) is 4. The van der Waals surface area contributed by atoms with Crippen LogP contribution in [0, 0.1) is 5.92 Å². The number of rotatable bonds is 6. The van der Waals surface area contributed by atoms with Gasteiger partial charge in [0.2, 0.25) is 5.91 Å². The Hall–Kier alpha value is -2.09. The molecule has 2 saturated carbocycles. The molecule has 1 aromatic heterocycles. The van der Waals surface area contributed by atoms with Crippen molar-refractivity contribution in [3.8, 4) is 0 Å². The number of aliphatic hydroxyl groups is 1. The van der Waals surface area contributed by atoms with E-state index in [0.717, 1.165) is 32.4 Å². The van der Waals surface area contributed by atoms with E-state index in [4.69, 9.17) is 0 Å². The summed E-state index contributed by atoms with van der Waals surface area (Å²) >= 11 is 0. The van der Waals surface area contributed by atoms with E-state index >= 15 is 0 Å². The zero-order valence-corrected chi connectivity index (χ0v) is 14.3. The number of hydrogen-bond acceptors (Lipinski definition) is 4. The molecular formula is C17H25N5O3. The molecule has 2 N–H and O–H groups in total. The van der Waals surface area contributed by atoms with Gasteiger partial charge in [0.05, 0.1) is 18.5 Å². The van der Waals surface area contributed by atoms with Gasteiger partial charge in [-0.2, -0.15) is 0 Å². The van der Waals surface area contributed by atoms with Crippen LogP contribution >= 0.6 is 0 Å². The van der Waals surface area contributed by atoms with Crippen LogP contribution in [0.4, 0.5) is 4.79 Å². The van der Waals surface area contributed by atoms with E-state index in [-0.39, 0.29) is 24.5 Å². The van der Waals surface area contributed by atoms with Gasteiger partial charge >= 0.3 is 6.03 Å². The highest BCUT2D eigenvalue weighted by atomic mass is 16.3. The standard InChI is InChI=1S/C17H25N5O3/c23-15-8-12(9-20-4-3-18-11-20)7-14(15)19-16(24)10-21-5-6-22(17(21)25)13-1-2-13/h3-4,11-15,23H,1-2,5-10H2,(H,19,24)/t12?,14-,15-/m1/s1. The molecule has 0 radical (unpaired) electrons. The molecule has 3 atom stereocenters. The Kier molecular flexibility index (Phi) is 4.37. The van der Waals surface area contributed by atoms with E-state index in [0.29, 0.717) is 24.9 Å². The fraction of sp³-hybridized carbons (Fsp3) is 0.706. The Balaban J connectivity index is 1.25. The van der Waals surface area contributed by atoms with Crippen LogP contribution in [-0.2, 0) is 11.3 Å². The third-order valence-corrected chi connectivity index (χ3v) is 5.45. The van der Waals surface area contributed by atoms with Crippen LogP contribution in [0.5, 0.6) is 0 Å². The third-order valence-electron chi connectivity index (χ3n) is 5.45. The van der Waals surface area contributed by atoms with Crippen molar-refractivity contribution in [3.05, 3.63) is 18.7 Å². The van der Waals surface area contributed by atoms with Gasteiger partial charge < -0.3 is 24.8 Å². The van der Waals surface area contributed by atoms with E-state index in [1.54, 1.807) is 17.4 Å². The fourth-order valence-corrected chi connectivity index (χ4v) is 4.01. The first-order valence-corrected chi connectivity index (χ1v) is 9.09. The lowest BCUT2D eigenvalue weighted by molar-refractivity contribution is -0.122. The van der Waals surface area contributed by atoms with Gasteiger partial charge in [-0.3, -0.25) is 4.79 Å². The maximum Gasteiger partial charge on any atom is 0.320 e. The van der Waals surface area contributed by atoms with Crippen molar-refractivity contribution in [2.45, 2.75) is 50.4 Å². The smallest absolute Gasteiger partial charge is 0.320 e. The summed E-state index contributed by atoms with van der Waals surface area (Å²) in [6.45, 7) is 2.21. The van der Waals surface area contributed by atoms with Gasteiger partial charge in [0, 0.05) is 38.1 Å². The van der Waals surface area contributed by atoms with Crippen molar-refractivity contribution < 1.29 is 14.7 Å². The normalized spacial score (nSPS) is 29.5. The summed E-state index contributed by atoms with van der Waals surface area (Å²) < 4.78 is 2.00. The average Bonchev–Trinajstić information content (AvgIpc) is 3.00. The van der Waals surface area contributed by atoms with Crippen LogP contribution in [0.25, 0.3) is 0 Å². The maximum absolute atomic E-state index is 12.3. The number of nitrogens with one attached hydrogen (secondary N) is 1. The average molecular weight is 347 g/mol. The number of imidazole rings is 1. The zero-order valence-electron chi connectivity index (χ0n) is 14.3. The number of hydrogen-bond donors (Lipinski definition) is 2. The Morgan fingerprint density at radius 3 is 2.88 bits per heavy atom. The molecule has 25 heavy (non-hydrogen) atoms. The lowest BCUT2D eigenvalue weighted by Gasteiger charge is -2.21. The van der Waals surface area contributed by atoms with Crippen molar-refractivity contribution in [2.24, 2.45) is 5.92 Å². The third kappa shape index (κ3) is 3.63. The SMILES string of the molecule is O=C(CN1CCN(C2CC2)C1=O)N[C@@H]1CC(Cn2ccnc2)C[C@H]1O. The van der Waals surface area contributed by atoms with Gasteiger partial charge in [-0.1, -0.05) is 0 Å². The highest BCUT2D eigenvalue weighted by Crippen LogP contribution is 2.30. The molecule has 8 nitrogen and oxygen atoms in total. The first-order valence-electron chi connectivity index (χ1n) is 9.09. The van der Waals surface area contributed by atoms with Gasteiger partial charge in [-0.05, 0) is 31.6 Å². The van der Waals surface area contributed by atoms with Gasteiger partial charge in [-0.15, -0.1) is 0 Å². The van der Waals surface area contributed by atoms with Crippen LogP contribution in [-0.4, -0.2) is 74.2 Å². The Morgan fingerprint density at radius 2 is 2.16 bits per heavy atom. The van der Waals surface area contributed by atoms with Crippen molar-refractivity contribution in [3.63, 3.8) is 0 Å². The van der Waals surface area contributed by atoms with Crippen LogP contribution in [0.2, 0.25) is 0 Å². The lowest BCUT2D eigenvalue weighted by atomic mass is 10.1. The summed E-state index contributed by atoms with van der Waals surface area (Å²) in [5, 5.41) is 13.2. The van der Waals surface area contributed by atoms with Crippen LogP contribution in [0.15, 0.2) is 18.7 Å². The van der Waals surface area contributed by atoms with Gasteiger partial charge in [-0.25, -0.2) is 9.78 Å². The molecule has 2 heterocycles. The molecule has 1 saturated heterocycles. The number of carbonyl (C=O) groups excluding carboxylic acids is 2. The first kappa shape index (κ1) is 16.4. The van der Waals surface area contributed by atoms with Gasteiger partial charge in [0.1, 0.15) is 6.54 Å². The molecule has 0 bridgehead atoms. The molecule has 3 fully saturated rings. The van der Waals surface area contributed by atoms with Crippen molar-refractivity contribution in [2.75, 3.05) is 19.6 Å².